The summed E-state index contributed by atoms with van der Waals surface area (Å²) in [6.45, 7) is 0.515. The minimum Gasteiger partial charge on any atom is -0.480 e. The Hall–Kier alpha value is -2.64. The molecule has 2 amide bonds. The fourth-order valence-electron chi connectivity index (χ4n) is 2.33. The number of aliphatic carboxylic acids is 1. The van der Waals surface area contributed by atoms with Gasteiger partial charge in [-0.3, -0.25) is 10.1 Å². The topological polar surface area (TPSA) is 113 Å². The Morgan fingerprint density at radius 1 is 1.48 bits per heavy atom. The highest BCUT2D eigenvalue weighted by atomic mass is 16.6. The van der Waals surface area contributed by atoms with Crippen LogP contribution < -0.4 is 5.32 Å². The number of hydrogen-bond donors (Lipinski definition) is 2. The zero-order chi connectivity index (χ0) is 15.4. The summed E-state index contributed by atoms with van der Waals surface area (Å²) in [6, 6.07) is 4.67. The molecule has 1 fully saturated rings. The van der Waals surface area contributed by atoms with Crippen molar-refractivity contribution in [3.8, 4) is 0 Å². The number of nitro groups is 1. The molecule has 0 radical (unpaired) electrons. The van der Waals surface area contributed by atoms with E-state index < -0.39 is 23.0 Å². The summed E-state index contributed by atoms with van der Waals surface area (Å²) < 4.78 is 0. The average Bonchev–Trinajstić information content (AvgIpc) is 2.94. The van der Waals surface area contributed by atoms with Crippen LogP contribution >= 0.6 is 0 Å². The van der Waals surface area contributed by atoms with Crippen LogP contribution in [0.2, 0.25) is 0 Å². The Morgan fingerprint density at radius 3 is 2.90 bits per heavy atom. The lowest BCUT2D eigenvalue weighted by molar-refractivity contribution is -0.384. The molecule has 0 aliphatic carbocycles. The Bertz CT molecular complexity index is 575. The molecule has 0 aromatic heterocycles. The molecule has 8 heteroatoms. The number of nitro benzene ring substituents is 1. The summed E-state index contributed by atoms with van der Waals surface area (Å²) in [5.74, 6) is -1.02. The minimum atomic E-state index is -1.02. The van der Waals surface area contributed by atoms with E-state index in [4.69, 9.17) is 5.11 Å². The van der Waals surface area contributed by atoms with E-state index in [1.807, 2.05) is 0 Å². The molecule has 112 valence electrons. The van der Waals surface area contributed by atoms with Crippen molar-refractivity contribution in [1.82, 2.24) is 10.2 Å². The SMILES string of the molecule is O=C(O)[C@@H]1CCCN1C(=O)NCc1cccc([N+](=O)[O-])c1. The number of carboxylic acids is 1. The Balaban J connectivity index is 1.96. The van der Waals surface area contributed by atoms with Crippen molar-refractivity contribution < 1.29 is 19.6 Å². The third-order valence-corrected chi connectivity index (χ3v) is 3.36. The van der Waals surface area contributed by atoms with E-state index in [1.165, 1.54) is 23.1 Å². The zero-order valence-corrected chi connectivity index (χ0v) is 11.2. The summed E-state index contributed by atoms with van der Waals surface area (Å²) in [5, 5.41) is 22.3. The van der Waals surface area contributed by atoms with Gasteiger partial charge in [-0.1, -0.05) is 12.1 Å². The molecule has 1 aliphatic heterocycles. The number of carbonyl (C=O) groups excluding carboxylic acids is 1. The quantitative estimate of drug-likeness (QED) is 0.642. The van der Waals surface area contributed by atoms with Gasteiger partial charge in [-0.2, -0.15) is 0 Å². The summed E-state index contributed by atoms with van der Waals surface area (Å²) >= 11 is 0. The van der Waals surface area contributed by atoms with Crippen LogP contribution in [-0.4, -0.2) is 39.5 Å². The predicted molar refractivity (Wildman–Crippen MR) is 72.7 cm³/mol. The standard InChI is InChI=1S/C13H15N3O5/c17-12(18)11-5-2-6-15(11)13(19)14-8-9-3-1-4-10(7-9)16(20)21/h1,3-4,7,11H,2,5-6,8H2,(H,14,19)(H,17,18)/t11-/m0/s1. The Morgan fingerprint density at radius 2 is 2.24 bits per heavy atom. The van der Waals surface area contributed by atoms with E-state index >= 15 is 0 Å². The summed E-state index contributed by atoms with van der Waals surface area (Å²) in [6.07, 6.45) is 1.10. The van der Waals surface area contributed by atoms with Gasteiger partial charge in [0.2, 0.25) is 0 Å². The number of benzene rings is 1. The highest BCUT2D eigenvalue weighted by Crippen LogP contribution is 2.18. The van der Waals surface area contributed by atoms with Crippen molar-refractivity contribution in [1.29, 1.82) is 0 Å². The Kier molecular flexibility index (Phi) is 4.36. The first-order chi connectivity index (χ1) is 9.99. The minimum absolute atomic E-state index is 0.0497. The average molecular weight is 293 g/mol. The molecule has 2 N–H and O–H groups in total. The van der Waals surface area contributed by atoms with Gasteiger partial charge < -0.3 is 15.3 Å². The van der Waals surface area contributed by atoms with Crippen LogP contribution in [-0.2, 0) is 11.3 Å². The van der Waals surface area contributed by atoms with Crippen LogP contribution in [0.5, 0.6) is 0 Å². The normalized spacial score (nSPS) is 17.5. The van der Waals surface area contributed by atoms with Crippen molar-refractivity contribution in [2.45, 2.75) is 25.4 Å². The summed E-state index contributed by atoms with van der Waals surface area (Å²) in [5.41, 5.74) is 0.537. The largest absolute Gasteiger partial charge is 0.480 e. The fraction of sp³-hybridized carbons (Fsp3) is 0.385. The van der Waals surface area contributed by atoms with Crippen LogP contribution in [0, 0.1) is 10.1 Å². The second-order valence-corrected chi connectivity index (χ2v) is 4.78. The third kappa shape index (κ3) is 3.47. The molecular formula is C13H15N3O5. The van der Waals surface area contributed by atoms with E-state index in [0.717, 1.165) is 0 Å². The smallest absolute Gasteiger partial charge is 0.326 e. The number of non-ortho nitro benzene ring substituents is 1. The first-order valence-corrected chi connectivity index (χ1v) is 6.49. The second kappa shape index (κ2) is 6.21. The predicted octanol–water partition coefficient (Wildman–Crippen LogP) is 1.35. The number of likely N-dealkylation sites (tertiary alicyclic amines) is 1. The number of nitrogens with one attached hydrogen (secondary N) is 1. The fourth-order valence-corrected chi connectivity index (χ4v) is 2.33. The van der Waals surface area contributed by atoms with E-state index in [9.17, 15) is 19.7 Å². The van der Waals surface area contributed by atoms with Crippen molar-refractivity contribution >= 4 is 17.7 Å². The number of rotatable bonds is 4. The molecule has 1 aliphatic rings. The van der Waals surface area contributed by atoms with E-state index in [0.29, 0.717) is 24.9 Å². The summed E-state index contributed by atoms with van der Waals surface area (Å²) in [7, 11) is 0. The third-order valence-electron chi connectivity index (χ3n) is 3.36. The highest BCUT2D eigenvalue weighted by Gasteiger charge is 2.33. The second-order valence-electron chi connectivity index (χ2n) is 4.78. The monoisotopic (exact) mass is 293 g/mol. The first-order valence-electron chi connectivity index (χ1n) is 6.49. The van der Waals surface area contributed by atoms with Crippen molar-refractivity contribution in [3.63, 3.8) is 0 Å². The summed E-state index contributed by atoms with van der Waals surface area (Å²) in [4.78, 5) is 34.4. The zero-order valence-electron chi connectivity index (χ0n) is 11.2. The molecule has 8 nitrogen and oxygen atoms in total. The molecule has 0 unspecified atom stereocenters. The van der Waals surface area contributed by atoms with Gasteiger partial charge in [-0.15, -0.1) is 0 Å². The number of urea groups is 1. The number of carboxylic acid groups (broad SMARTS) is 1. The molecule has 1 atom stereocenters. The molecule has 1 saturated heterocycles. The maximum Gasteiger partial charge on any atom is 0.326 e. The van der Waals surface area contributed by atoms with Gasteiger partial charge in [0, 0.05) is 25.2 Å². The van der Waals surface area contributed by atoms with Gasteiger partial charge in [0.05, 0.1) is 4.92 Å². The van der Waals surface area contributed by atoms with Crippen LogP contribution in [0.3, 0.4) is 0 Å². The van der Waals surface area contributed by atoms with Crippen molar-refractivity contribution in [3.05, 3.63) is 39.9 Å². The van der Waals surface area contributed by atoms with Gasteiger partial charge in [-0.25, -0.2) is 9.59 Å². The lowest BCUT2D eigenvalue weighted by Gasteiger charge is -2.21. The lowest BCUT2D eigenvalue weighted by atomic mass is 10.2. The number of nitrogens with zero attached hydrogens (tertiary/aromatic N) is 2. The van der Waals surface area contributed by atoms with Gasteiger partial charge in [0.25, 0.3) is 5.69 Å². The number of amides is 2. The van der Waals surface area contributed by atoms with Gasteiger partial charge in [0.15, 0.2) is 0 Å². The molecule has 2 rings (SSSR count). The molecule has 1 aromatic rings. The van der Waals surface area contributed by atoms with E-state index in [-0.39, 0.29) is 12.2 Å². The molecule has 1 heterocycles. The van der Waals surface area contributed by atoms with Gasteiger partial charge in [-0.05, 0) is 18.4 Å². The molecule has 1 aromatic carbocycles. The lowest BCUT2D eigenvalue weighted by Crippen LogP contribution is -2.45. The molecule has 0 bridgehead atoms. The van der Waals surface area contributed by atoms with Crippen molar-refractivity contribution in [2.75, 3.05) is 6.54 Å². The maximum atomic E-state index is 12.0. The molecular weight excluding hydrogens is 278 g/mol. The van der Waals surface area contributed by atoms with Crippen LogP contribution in [0.1, 0.15) is 18.4 Å². The van der Waals surface area contributed by atoms with Crippen LogP contribution in [0.25, 0.3) is 0 Å². The molecule has 0 saturated carbocycles. The molecule has 21 heavy (non-hydrogen) atoms. The maximum absolute atomic E-state index is 12.0. The Labute approximate surface area is 120 Å². The molecule has 0 spiro atoms. The number of carbonyl (C=O) groups is 2. The van der Waals surface area contributed by atoms with Crippen molar-refractivity contribution in [2.24, 2.45) is 0 Å². The van der Waals surface area contributed by atoms with Crippen LogP contribution in [0.4, 0.5) is 10.5 Å². The van der Waals surface area contributed by atoms with Gasteiger partial charge >= 0.3 is 12.0 Å². The van der Waals surface area contributed by atoms with E-state index in [1.54, 1.807) is 6.07 Å². The first kappa shape index (κ1) is 14.8. The number of hydrogen-bond acceptors (Lipinski definition) is 4. The van der Waals surface area contributed by atoms with Crippen LogP contribution in [0.15, 0.2) is 24.3 Å². The highest BCUT2D eigenvalue weighted by molar-refractivity contribution is 5.83. The van der Waals surface area contributed by atoms with E-state index in [2.05, 4.69) is 5.32 Å². The van der Waals surface area contributed by atoms with Gasteiger partial charge in [0.1, 0.15) is 6.04 Å².